The molecule has 0 aliphatic carbocycles. The molecule has 1 aromatic heterocycles. The van der Waals surface area contributed by atoms with Gasteiger partial charge in [0.05, 0.1) is 6.54 Å². The summed E-state index contributed by atoms with van der Waals surface area (Å²) in [6.45, 7) is 2.45. The van der Waals surface area contributed by atoms with E-state index in [4.69, 9.17) is 11.6 Å². The highest BCUT2D eigenvalue weighted by Crippen LogP contribution is 2.16. The highest BCUT2D eigenvalue weighted by molar-refractivity contribution is 6.31. The van der Waals surface area contributed by atoms with E-state index in [0.717, 1.165) is 15.8 Å². The monoisotopic (exact) mass is 438 g/mol. The molecule has 8 heteroatoms. The lowest BCUT2D eigenvalue weighted by Crippen LogP contribution is -2.51. The van der Waals surface area contributed by atoms with Crippen molar-refractivity contribution in [2.75, 3.05) is 31.1 Å². The van der Waals surface area contributed by atoms with Crippen LogP contribution in [0, 0.1) is 0 Å². The second kappa shape index (κ2) is 9.22. The third-order valence-corrected chi connectivity index (χ3v) is 5.85. The van der Waals surface area contributed by atoms with Gasteiger partial charge in [0.15, 0.2) is 0 Å². The predicted molar refractivity (Wildman–Crippen MR) is 121 cm³/mol. The van der Waals surface area contributed by atoms with Crippen molar-refractivity contribution in [1.29, 1.82) is 0 Å². The molecular weight excluding hydrogens is 416 g/mol. The van der Waals surface area contributed by atoms with Crippen molar-refractivity contribution < 1.29 is 4.79 Å². The number of amides is 1. The molecule has 0 bridgehead atoms. The average Bonchev–Trinajstić information content (AvgIpc) is 2.80. The van der Waals surface area contributed by atoms with E-state index in [0.29, 0.717) is 31.2 Å². The van der Waals surface area contributed by atoms with Crippen LogP contribution in [-0.2, 0) is 17.9 Å². The van der Waals surface area contributed by atoms with Crippen LogP contribution < -0.4 is 16.1 Å². The van der Waals surface area contributed by atoms with Gasteiger partial charge in [0.25, 0.3) is 5.56 Å². The average molecular weight is 439 g/mol. The van der Waals surface area contributed by atoms with Crippen molar-refractivity contribution >= 4 is 23.2 Å². The van der Waals surface area contributed by atoms with Crippen LogP contribution in [0.1, 0.15) is 5.56 Å². The van der Waals surface area contributed by atoms with Gasteiger partial charge in [0.2, 0.25) is 5.91 Å². The summed E-state index contributed by atoms with van der Waals surface area (Å²) >= 11 is 6.19. The molecule has 7 nitrogen and oxygen atoms in total. The summed E-state index contributed by atoms with van der Waals surface area (Å²) in [6.07, 6.45) is 1.44. The van der Waals surface area contributed by atoms with Gasteiger partial charge >= 0.3 is 5.69 Å². The van der Waals surface area contributed by atoms with E-state index in [1.54, 1.807) is 11.0 Å². The van der Waals surface area contributed by atoms with E-state index in [2.05, 4.69) is 4.90 Å². The predicted octanol–water partition coefficient (Wildman–Crippen LogP) is 2.06. The number of para-hydroxylation sites is 1. The molecule has 1 amide bonds. The normalized spacial score (nSPS) is 14.0. The Kier molecular flexibility index (Phi) is 6.23. The number of carbonyl (C=O) groups excluding carboxylic acids is 1. The molecular formula is C23H23ClN4O3. The molecule has 0 spiro atoms. The molecule has 1 aliphatic heterocycles. The van der Waals surface area contributed by atoms with E-state index < -0.39 is 11.2 Å². The second-order valence-corrected chi connectivity index (χ2v) is 7.85. The molecule has 0 atom stereocenters. The SMILES string of the molecule is O=C(Cn1c(=O)ccn(Cc2ccccc2Cl)c1=O)N1CCN(c2ccccc2)CC1. The molecule has 0 saturated carbocycles. The van der Waals surface area contributed by atoms with Crippen LogP contribution in [0.5, 0.6) is 0 Å². The number of piperazine rings is 1. The quantitative estimate of drug-likeness (QED) is 0.611. The number of rotatable bonds is 5. The molecule has 2 heterocycles. The molecule has 0 N–H and O–H groups in total. The zero-order chi connectivity index (χ0) is 21.8. The molecule has 4 rings (SSSR count). The Morgan fingerprint density at radius 3 is 2.26 bits per heavy atom. The van der Waals surface area contributed by atoms with Gasteiger partial charge in [-0.2, -0.15) is 0 Å². The number of hydrogen-bond acceptors (Lipinski definition) is 4. The molecule has 0 unspecified atom stereocenters. The molecule has 1 saturated heterocycles. The van der Waals surface area contributed by atoms with E-state index in [1.807, 2.05) is 48.5 Å². The summed E-state index contributed by atoms with van der Waals surface area (Å²) in [5.74, 6) is -0.234. The lowest BCUT2D eigenvalue weighted by molar-refractivity contribution is -0.132. The molecule has 3 aromatic rings. The molecule has 160 valence electrons. The minimum atomic E-state index is -0.524. The lowest BCUT2D eigenvalue weighted by atomic mass is 10.2. The van der Waals surface area contributed by atoms with Crippen molar-refractivity contribution in [1.82, 2.24) is 14.0 Å². The van der Waals surface area contributed by atoms with Crippen LogP contribution in [0.4, 0.5) is 5.69 Å². The van der Waals surface area contributed by atoms with Crippen molar-refractivity contribution in [2.45, 2.75) is 13.1 Å². The summed E-state index contributed by atoms with van der Waals surface area (Å²) in [4.78, 5) is 41.9. The van der Waals surface area contributed by atoms with E-state index in [-0.39, 0.29) is 19.0 Å². The summed E-state index contributed by atoms with van der Waals surface area (Å²) in [5, 5.41) is 0.541. The first-order valence-corrected chi connectivity index (χ1v) is 10.5. The Morgan fingerprint density at radius 1 is 0.871 bits per heavy atom. The first-order valence-electron chi connectivity index (χ1n) is 10.1. The number of benzene rings is 2. The highest BCUT2D eigenvalue weighted by Gasteiger charge is 2.22. The van der Waals surface area contributed by atoms with Crippen molar-refractivity contribution in [3.63, 3.8) is 0 Å². The zero-order valence-electron chi connectivity index (χ0n) is 17.0. The van der Waals surface area contributed by atoms with E-state index >= 15 is 0 Å². The Bertz CT molecular complexity index is 1180. The number of carbonyl (C=O) groups is 1. The maximum atomic E-state index is 12.9. The smallest absolute Gasteiger partial charge is 0.331 e. The highest BCUT2D eigenvalue weighted by atomic mass is 35.5. The standard InChI is InChI=1S/C23H23ClN4O3/c24-20-9-5-4-6-18(20)16-27-11-10-21(29)28(23(27)31)17-22(30)26-14-12-25(13-15-26)19-7-2-1-3-8-19/h1-11H,12-17H2. The van der Waals surface area contributed by atoms with Gasteiger partial charge in [-0.25, -0.2) is 4.79 Å². The fraction of sp³-hybridized carbons (Fsp3) is 0.261. The summed E-state index contributed by atoms with van der Waals surface area (Å²) in [5.41, 5.74) is 0.872. The Labute approximate surface area is 184 Å². The van der Waals surface area contributed by atoms with Crippen molar-refractivity contribution in [3.8, 4) is 0 Å². The van der Waals surface area contributed by atoms with Crippen LogP contribution in [0.25, 0.3) is 0 Å². The summed E-state index contributed by atoms with van der Waals surface area (Å²) in [7, 11) is 0. The summed E-state index contributed by atoms with van der Waals surface area (Å²) in [6, 6.07) is 18.6. The van der Waals surface area contributed by atoms with Crippen LogP contribution in [0.3, 0.4) is 0 Å². The molecule has 0 radical (unpaired) electrons. The number of halogens is 1. The number of hydrogen-bond donors (Lipinski definition) is 0. The number of anilines is 1. The third kappa shape index (κ3) is 4.72. The Balaban J connectivity index is 1.45. The molecule has 31 heavy (non-hydrogen) atoms. The second-order valence-electron chi connectivity index (χ2n) is 7.45. The van der Waals surface area contributed by atoms with Gasteiger partial charge in [-0.15, -0.1) is 0 Å². The fourth-order valence-corrected chi connectivity index (χ4v) is 3.92. The van der Waals surface area contributed by atoms with Crippen LogP contribution in [0.15, 0.2) is 76.4 Å². The van der Waals surface area contributed by atoms with Crippen LogP contribution in [0.2, 0.25) is 5.02 Å². The minimum absolute atomic E-state index is 0.225. The van der Waals surface area contributed by atoms with Crippen molar-refractivity contribution in [2.24, 2.45) is 0 Å². The first kappa shape index (κ1) is 20.9. The van der Waals surface area contributed by atoms with Gasteiger partial charge in [-0.1, -0.05) is 48.0 Å². The molecule has 1 fully saturated rings. The summed E-state index contributed by atoms with van der Waals surface area (Å²) < 4.78 is 2.38. The largest absolute Gasteiger partial charge is 0.368 e. The first-order chi connectivity index (χ1) is 15.0. The van der Waals surface area contributed by atoms with Gasteiger partial charge < -0.3 is 9.80 Å². The van der Waals surface area contributed by atoms with Crippen molar-refractivity contribution in [3.05, 3.63) is 98.3 Å². The Hall–Kier alpha value is -3.32. The van der Waals surface area contributed by atoms with Crippen LogP contribution in [-0.4, -0.2) is 46.1 Å². The number of nitrogens with zero attached hydrogens (tertiary/aromatic N) is 4. The molecule has 1 aliphatic rings. The van der Waals surface area contributed by atoms with Gasteiger partial charge in [-0.3, -0.25) is 18.7 Å². The van der Waals surface area contributed by atoms with Gasteiger partial charge in [0, 0.05) is 49.2 Å². The zero-order valence-corrected chi connectivity index (χ0v) is 17.7. The topological polar surface area (TPSA) is 67.5 Å². The minimum Gasteiger partial charge on any atom is -0.368 e. The molecule has 2 aromatic carbocycles. The van der Waals surface area contributed by atoms with E-state index in [9.17, 15) is 14.4 Å². The fourth-order valence-electron chi connectivity index (χ4n) is 3.72. The van der Waals surface area contributed by atoms with Crippen LogP contribution >= 0.6 is 11.6 Å². The van der Waals surface area contributed by atoms with Gasteiger partial charge in [0.1, 0.15) is 6.54 Å². The maximum Gasteiger partial charge on any atom is 0.331 e. The number of aromatic nitrogens is 2. The third-order valence-electron chi connectivity index (χ3n) is 5.49. The maximum absolute atomic E-state index is 12.9. The van der Waals surface area contributed by atoms with E-state index in [1.165, 1.54) is 16.8 Å². The Morgan fingerprint density at radius 2 is 1.55 bits per heavy atom. The van der Waals surface area contributed by atoms with Gasteiger partial charge in [-0.05, 0) is 23.8 Å². The lowest BCUT2D eigenvalue weighted by Gasteiger charge is -2.36.